The minimum Gasteiger partial charge on any atom is -0.481 e. The zero-order valence-electron chi connectivity index (χ0n) is 14.6. The Labute approximate surface area is 157 Å². The van der Waals surface area contributed by atoms with Crippen molar-refractivity contribution < 1.29 is 19.5 Å². The summed E-state index contributed by atoms with van der Waals surface area (Å²) in [4.78, 5) is 39.9. The molecule has 140 valence electrons. The Bertz CT molecular complexity index is 683. The van der Waals surface area contributed by atoms with Gasteiger partial charge in [0.1, 0.15) is 0 Å². The number of piperidine rings is 2. The molecule has 2 amide bonds. The van der Waals surface area contributed by atoms with Crippen molar-refractivity contribution >= 4 is 29.4 Å². The summed E-state index contributed by atoms with van der Waals surface area (Å²) in [5.74, 6) is -1.42. The first-order valence-corrected chi connectivity index (χ1v) is 9.40. The second kappa shape index (κ2) is 8.08. The van der Waals surface area contributed by atoms with Crippen LogP contribution in [0.4, 0.5) is 0 Å². The molecule has 1 N–H and O–H groups in total. The van der Waals surface area contributed by atoms with Crippen LogP contribution < -0.4 is 0 Å². The molecule has 1 aromatic carbocycles. The molecule has 7 heteroatoms. The third-order valence-corrected chi connectivity index (χ3v) is 5.56. The Balaban J connectivity index is 1.54. The summed E-state index contributed by atoms with van der Waals surface area (Å²) in [5.41, 5.74) is 0.597. The Morgan fingerprint density at radius 1 is 0.923 bits per heavy atom. The van der Waals surface area contributed by atoms with Gasteiger partial charge in [-0.1, -0.05) is 11.6 Å². The molecule has 0 spiro atoms. The standard InChI is InChI=1S/C19H23ClN2O4/c20-16-5-3-13(4-6-16)17(23)21-10-7-14(8-11-21)18(24)22-9-1-2-15(12-22)19(25)26/h3-6,14-15H,1-2,7-12H2,(H,25,26)/t15-/m0/s1. The van der Waals surface area contributed by atoms with Crippen LogP contribution in [0.5, 0.6) is 0 Å². The summed E-state index contributed by atoms with van der Waals surface area (Å²) >= 11 is 5.86. The molecule has 3 rings (SSSR count). The quantitative estimate of drug-likeness (QED) is 0.876. The molecule has 2 aliphatic rings. The van der Waals surface area contributed by atoms with E-state index in [1.807, 2.05) is 0 Å². The number of carbonyl (C=O) groups is 3. The van der Waals surface area contributed by atoms with Gasteiger partial charge >= 0.3 is 5.97 Å². The molecule has 1 atom stereocenters. The van der Waals surface area contributed by atoms with E-state index in [4.69, 9.17) is 11.6 Å². The number of carboxylic acid groups (broad SMARTS) is 1. The van der Waals surface area contributed by atoms with Gasteiger partial charge in [-0.05, 0) is 49.9 Å². The van der Waals surface area contributed by atoms with Gasteiger partial charge in [0, 0.05) is 42.7 Å². The van der Waals surface area contributed by atoms with Crippen LogP contribution in [0.3, 0.4) is 0 Å². The topological polar surface area (TPSA) is 77.9 Å². The molecule has 0 aromatic heterocycles. The number of halogens is 1. The largest absolute Gasteiger partial charge is 0.481 e. The average Bonchev–Trinajstić information content (AvgIpc) is 2.67. The van der Waals surface area contributed by atoms with E-state index in [1.165, 1.54) is 0 Å². The van der Waals surface area contributed by atoms with Crippen molar-refractivity contribution in [2.24, 2.45) is 11.8 Å². The van der Waals surface area contributed by atoms with Gasteiger partial charge in [-0.25, -0.2) is 0 Å². The van der Waals surface area contributed by atoms with Crippen molar-refractivity contribution in [3.8, 4) is 0 Å². The van der Waals surface area contributed by atoms with Crippen LogP contribution in [0.2, 0.25) is 5.02 Å². The lowest BCUT2D eigenvalue weighted by Gasteiger charge is -2.37. The van der Waals surface area contributed by atoms with E-state index in [9.17, 15) is 19.5 Å². The minimum absolute atomic E-state index is 0.0366. The number of carbonyl (C=O) groups excluding carboxylic acids is 2. The van der Waals surface area contributed by atoms with Crippen LogP contribution in [0.15, 0.2) is 24.3 Å². The van der Waals surface area contributed by atoms with Crippen molar-refractivity contribution in [1.82, 2.24) is 9.80 Å². The Morgan fingerprint density at radius 2 is 1.58 bits per heavy atom. The van der Waals surface area contributed by atoms with E-state index in [2.05, 4.69) is 0 Å². The number of hydrogen-bond acceptors (Lipinski definition) is 3. The number of rotatable bonds is 3. The number of likely N-dealkylation sites (tertiary alicyclic amines) is 2. The molecule has 2 heterocycles. The molecule has 0 radical (unpaired) electrons. The van der Waals surface area contributed by atoms with Crippen molar-refractivity contribution in [2.75, 3.05) is 26.2 Å². The summed E-state index contributed by atoms with van der Waals surface area (Å²) in [5, 5.41) is 9.77. The van der Waals surface area contributed by atoms with E-state index in [-0.39, 0.29) is 17.7 Å². The first-order valence-electron chi connectivity index (χ1n) is 9.02. The smallest absolute Gasteiger partial charge is 0.308 e. The second-order valence-corrected chi connectivity index (χ2v) is 7.47. The van der Waals surface area contributed by atoms with E-state index >= 15 is 0 Å². The number of nitrogens with zero attached hydrogens (tertiary/aromatic N) is 2. The molecule has 26 heavy (non-hydrogen) atoms. The van der Waals surface area contributed by atoms with Gasteiger partial charge in [-0.2, -0.15) is 0 Å². The molecule has 2 aliphatic heterocycles. The van der Waals surface area contributed by atoms with Gasteiger partial charge in [0.2, 0.25) is 5.91 Å². The molecule has 0 unspecified atom stereocenters. The molecule has 1 aromatic rings. The fraction of sp³-hybridized carbons (Fsp3) is 0.526. The summed E-state index contributed by atoms with van der Waals surface area (Å²) in [6, 6.07) is 6.81. The predicted molar refractivity (Wildman–Crippen MR) is 97.0 cm³/mol. The highest BCUT2D eigenvalue weighted by Crippen LogP contribution is 2.25. The van der Waals surface area contributed by atoms with Gasteiger partial charge < -0.3 is 14.9 Å². The number of benzene rings is 1. The van der Waals surface area contributed by atoms with Crippen LogP contribution in [0.1, 0.15) is 36.0 Å². The maximum Gasteiger partial charge on any atom is 0.308 e. The van der Waals surface area contributed by atoms with Crippen LogP contribution in [-0.2, 0) is 9.59 Å². The molecular formula is C19H23ClN2O4. The van der Waals surface area contributed by atoms with Crippen LogP contribution >= 0.6 is 11.6 Å². The normalized spacial score (nSPS) is 21.5. The van der Waals surface area contributed by atoms with Gasteiger partial charge in [-0.15, -0.1) is 0 Å². The minimum atomic E-state index is -0.828. The number of carboxylic acids is 1. The Hall–Kier alpha value is -2.08. The van der Waals surface area contributed by atoms with E-state index in [0.29, 0.717) is 56.0 Å². The predicted octanol–water partition coefficient (Wildman–Crippen LogP) is 2.52. The zero-order chi connectivity index (χ0) is 18.7. The SMILES string of the molecule is O=C(O)[C@H]1CCCN(C(=O)C2CCN(C(=O)c3ccc(Cl)cc3)CC2)C1. The van der Waals surface area contributed by atoms with E-state index < -0.39 is 11.9 Å². The average molecular weight is 379 g/mol. The number of aliphatic carboxylic acids is 1. The van der Waals surface area contributed by atoms with Crippen molar-refractivity contribution in [2.45, 2.75) is 25.7 Å². The highest BCUT2D eigenvalue weighted by Gasteiger charge is 2.34. The summed E-state index contributed by atoms with van der Waals surface area (Å²) in [6.07, 6.45) is 2.60. The van der Waals surface area contributed by atoms with Gasteiger partial charge in [0.15, 0.2) is 0 Å². The molecule has 6 nitrogen and oxygen atoms in total. The highest BCUT2D eigenvalue weighted by molar-refractivity contribution is 6.30. The lowest BCUT2D eigenvalue weighted by Crippen LogP contribution is -2.48. The first-order chi connectivity index (χ1) is 12.5. The summed E-state index contributed by atoms with van der Waals surface area (Å²) < 4.78 is 0. The lowest BCUT2D eigenvalue weighted by atomic mass is 9.92. The van der Waals surface area contributed by atoms with Gasteiger partial charge in [0.25, 0.3) is 5.91 Å². The van der Waals surface area contributed by atoms with E-state index in [0.717, 1.165) is 6.42 Å². The van der Waals surface area contributed by atoms with Crippen LogP contribution in [-0.4, -0.2) is 58.9 Å². The number of amides is 2. The highest BCUT2D eigenvalue weighted by atomic mass is 35.5. The summed E-state index contributed by atoms with van der Waals surface area (Å²) in [6.45, 7) is 2.01. The molecule has 0 aliphatic carbocycles. The van der Waals surface area contributed by atoms with Crippen LogP contribution in [0.25, 0.3) is 0 Å². The second-order valence-electron chi connectivity index (χ2n) is 7.04. The van der Waals surface area contributed by atoms with Gasteiger partial charge in [0.05, 0.1) is 5.92 Å². The molecule has 0 saturated carbocycles. The van der Waals surface area contributed by atoms with E-state index in [1.54, 1.807) is 34.1 Å². The molecule has 2 fully saturated rings. The first kappa shape index (κ1) is 18.7. The Kier molecular flexibility index (Phi) is 5.81. The van der Waals surface area contributed by atoms with Crippen molar-refractivity contribution in [3.05, 3.63) is 34.9 Å². The monoisotopic (exact) mass is 378 g/mol. The fourth-order valence-corrected chi connectivity index (χ4v) is 3.87. The third-order valence-electron chi connectivity index (χ3n) is 5.30. The third kappa shape index (κ3) is 4.18. The van der Waals surface area contributed by atoms with Crippen molar-refractivity contribution in [1.29, 1.82) is 0 Å². The molecular weight excluding hydrogens is 356 g/mol. The van der Waals surface area contributed by atoms with Gasteiger partial charge in [-0.3, -0.25) is 14.4 Å². The maximum atomic E-state index is 12.7. The lowest BCUT2D eigenvalue weighted by molar-refractivity contribution is -0.147. The molecule has 2 saturated heterocycles. The number of hydrogen-bond donors (Lipinski definition) is 1. The summed E-state index contributed by atoms with van der Waals surface area (Å²) in [7, 11) is 0. The maximum absolute atomic E-state index is 12.7. The fourth-order valence-electron chi connectivity index (χ4n) is 3.74. The zero-order valence-corrected chi connectivity index (χ0v) is 15.3. The molecule has 0 bridgehead atoms. The van der Waals surface area contributed by atoms with Crippen LogP contribution in [0, 0.1) is 11.8 Å². The van der Waals surface area contributed by atoms with Crippen molar-refractivity contribution in [3.63, 3.8) is 0 Å². The Morgan fingerprint density at radius 3 is 2.19 bits per heavy atom.